The van der Waals surface area contributed by atoms with Crippen molar-refractivity contribution in [1.29, 1.82) is 0 Å². The van der Waals surface area contributed by atoms with Crippen molar-refractivity contribution in [2.75, 3.05) is 0 Å². The number of hydrogen-bond donors (Lipinski definition) is 0. The summed E-state index contributed by atoms with van der Waals surface area (Å²) in [5.74, 6) is 0. The Bertz CT molecular complexity index is 8.00. The van der Waals surface area contributed by atoms with Crippen molar-refractivity contribution in [3.05, 3.63) is 0 Å². The molecule has 0 heterocycles. The van der Waals surface area contributed by atoms with E-state index >= 15 is 0 Å². The molecule has 0 saturated carbocycles. The van der Waals surface area contributed by atoms with Gasteiger partial charge in [0.25, 0.3) is 0 Å². The van der Waals surface area contributed by atoms with Gasteiger partial charge in [-0.3, -0.25) is 0 Å². The van der Waals surface area contributed by atoms with E-state index in [9.17, 15) is 0 Å². The topological polar surface area (TPSA) is 31.5 Å². The van der Waals surface area contributed by atoms with E-state index < -0.39 is 0 Å². The summed E-state index contributed by atoms with van der Waals surface area (Å²) in [7, 11) is 0. The molecule has 0 amide bonds. The molecule has 22 valence electrons. The molecule has 0 rings (SSSR count). The molecular weight excluding hydrogens is 204 g/mol. The van der Waals surface area contributed by atoms with E-state index in [-0.39, 0.29) is 93.9 Å². The van der Waals surface area contributed by atoms with Gasteiger partial charge in [0.2, 0.25) is 0 Å². The molecular formula is H4MnOScSr. The summed E-state index contributed by atoms with van der Waals surface area (Å²) >= 11 is 0. The Morgan fingerprint density at radius 2 is 1.00 bits per heavy atom. The first-order valence-electron chi connectivity index (χ1n) is 0. The Kier molecular flexibility index (Phi) is 123. The molecule has 2 N–H and O–H groups in total. The van der Waals surface area contributed by atoms with Crippen LogP contribution in [0.25, 0.3) is 0 Å². The summed E-state index contributed by atoms with van der Waals surface area (Å²) in [5, 5.41) is 0. The molecule has 0 aliphatic rings. The Morgan fingerprint density at radius 1 is 1.00 bits per heavy atom. The summed E-state index contributed by atoms with van der Waals surface area (Å²) in [4.78, 5) is 0. The summed E-state index contributed by atoms with van der Waals surface area (Å²) in [6.07, 6.45) is 0. The van der Waals surface area contributed by atoms with Gasteiger partial charge in [0, 0.05) is 42.9 Å². The molecule has 0 saturated heterocycles. The van der Waals surface area contributed by atoms with Crippen LogP contribution in [0.15, 0.2) is 0 Å². The van der Waals surface area contributed by atoms with Crippen molar-refractivity contribution in [3.63, 3.8) is 0 Å². The number of hydrogen-bond acceptors (Lipinski definition) is 0. The Labute approximate surface area is 91.7 Å². The fourth-order valence-corrected chi connectivity index (χ4v) is 0. The van der Waals surface area contributed by atoms with Crippen LogP contribution in [-0.2, 0) is 42.9 Å². The molecule has 2 radical (unpaired) electrons. The van der Waals surface area contributed by atoms with Gasteiger partial charge >= 0.3 is 45.5 Å². The van der Waals surface area contributed by atoms with Gasteiger partial charge in [-0.2, -0.15) is 0 Å². The van der Waals surface area contributed by atoms with Gasteiger partial charge in [0.1, 0.15) is 0 Å². The third kappa shape index (κ3) is 8.85. The molecule has 0 fully saturated rings. The van der Waals surface area contributed by atoms with E-state index in [4.69, 9.17) is 0 Å². The van der Waals surface area contributed by atoms with Gasteiger partial charge in [0.15, 0.2) is 0 Å². The molecule has 4 heteroatoms. The zero-order valence-corrected chi connectivity index (χ0v) is 4.44. The van der Waals surface area contributed by atoms with Crippen LogP contribution >= 0.6 is 0 Å². The molecule has 0 aliphatic carbocycles. The van der Waals surface area contributed by atoms with Crippen LogP contribution in [0.2, 0.25) is 0 Å². The van der Waals surface area contributed by atoms with Crippen molar-refractivity contribution in [2.45, 2.75) is 0 Å². The van der Waals surface area contributed by atoms with Gasteiger partial charge < -0.3 is 5.48 Å². The second-order valence-electron chi connectivity index (χ2n) is 0. The molecule has 0 atom stereocenters. The third-order valence-corrected chi connectivity index (χ3v) is 0. The van der Waals surface area contributed by atoms with E-state index in [0.29, 0.717) is 0 Å². The van der Waals surface area contributed by atoms with E-state index in [1.54, 1.807) is 0 Å². The normalized spacial score (nSPS) is 0. The first-order valence-corrected chi connectivity index (χ1v) is 0. The van der Waals surface area contributed by atoms with Crippen LogP contribution in [0.3, 0.4) is 0 Å². The Hall–Kier alpha value is 2.83. The van der Waals surface area contributed by atoms with Crippen LogP contribution in [0.5, 0.6) is 0 Å². The average Bonchev–Trinajstić information content (AvgIpc) is 0. The molecule has 0 aromatic heterocycles. The van der Waals surface area contributed by atoms with Gasteiger partial charge in [-0.1, -0.05) is 0 Å². The number of rotatable bonds is 0. The third-order valence-electron chi connectivity index (χ3n) is 0. The van der Waals surface area contributed by atoms with Crippen molar-refractivity contribution in [1.82, 2.24) is 0 Å². The molecule has 1 nitrogen and oxygen atoms in total. The maximum absolute atomic E-state index is 0. The van der Waals surface area contributed by atoms with E-state index in [1.807, 2.05) is 0 Å². The van der Waals surface area contributed by atoms with Gasteiger partial charge in [0.05, 0.1) is 0 Å². The zero-order chi connectivity index (χ0) is 0. The standard InChI is InChI=1S/Mn.H2O.Sc.Sr.2H/h;1H2;;;;. The van der Waals surface area contributed by atoms with Crippen molar-refractivity contribution < 1.29 is 48.4 Å². The second-order valence-corrected chi connectivity index (χ2v) is 0. The van der Waals surface area contributed by atoms with Crippen molar-refractivity contribution >= 4 is 45.5 Å². The molecule has 0 bridgehead atoms. The maximum atomic E-state index is 0. The molecule has 0 aromatic rings. The van der Waals surface area contributed by atoms with Crippen LogP contribution in [0.1, 0.15) is 0 Å². The quantitative estimate of drug-likeness (QED) is 0.422. The Balaban J connectivity index is 0. The average molecular weight is 208 g/mol. The van der Waals surface area contributed by atoms with Crippen molar-refractivity contribution in [2.24, 2.45) is 0 Å². The predicted molar refractivity (Wildman–Crippen MR) is 12.2 cm³/mol. The minimum absolute atomic E-state index is 0. The van der Waals surface area contributed by atoms with E-state index in [1.165, 1.54) is 0 Å². The SMILES string of the molecule is O.[Mn].[Sc].[SrH2]. The fourth-order valence-electron chi connectivity index (χ4n) is 0. The Morgan fingerprint density at radius 3 is 1.00 bits per heavy atom. The monoisotopic (exact) mass is 208 g/mol. The fraction of sp³-hybridized carbons (Fsp3) is 0. The molecule has 4 heavy (non-hydrogen) atoms. The van der Waals surface area contributed by atoms with Crippen LogP contribution in [-0.4, -0.2) is 51.0 Å². The zero-order valence-electron chi connectivity index (χ0n) is 1.46. The predicted octanol–water partition coefficient (Wildman–Crippen LogP) is -1.75. The second kappa shape index (κ2) is 17.0. The summed E-state index contributed by atoms with van der Waals surface area (Å²) in [5.41, 5.74) is 0. The summed E-state index contributed by atoms with van der Waals surface area (Å²) in [6, 6.07) is 0. The van der Waals surface area contributed by atoms with Gasteiger partial charge in [-0.05, 0) is 0 Å². The van der Waals surface area contributed by atoms with Crippen molar-refractivity contribution in [3.8, 4) is 0 Å². The summed E-state index contributed by atoms with van der Waals surface area (Å²) in [6.45, 7) is 0. The van der Waals surface area contributed by atoms with Crippen LogP contribution < -0.4 is 0 Å². The molecule has 0 aromatic carbocycles. The molecule has 0 spiro atoms. The van der Waals surface area contributed by atoms with Gasteiger partial charge in [-0.25, -0.2) is 0 Å². The molecule has 0 aliphatic heterocycles. The first-order chi connectivity index (χ1) is 0. The van der Waals surface area contributed by atoms with E-state index in [2.05, 4.69) is 0 Å². The summed E-state index contributed by atoms with van der Waals surface area (Å²) < 4.78 is 0. The van der Waals surface area contributed by atoms with E-state index in [0.717, 1.165) is 0 Å². The minimum atomic E-state index is 0. The van der Waals surface area contributed by atoms with Crippen LogP contribution in [0.4, 0.5) is 0 Å². The van der Waals surface area contributed by atoms with Gasteiger partial charge in [-0.15, -0.1) is 0 Å². The molecule has 0 unspecified atom stereocenters. The first kappa shape index (κ1) is 29.0. The van der Waals surface area contributed by atoms with Crippen LogP contribution in [0, 0.1) is 0 Å².